The first-order valence-electron chi connectivity index (χ1n) is 8.05. The van der Waals surface area contributed by atoms with Crippen LogP contribution in [0.4, 0.5) is 0 Å². The summed E-state index contributed by atoms with van der Waals surface area (Å²) in [4.78, 5) is 0. The van der Waals surface area contributed by atoms with Gasteiger partial charge in [-0.3, -0.25) is 0 Å². The Balaban J connectivity index is 2.11. The Labute approximate surface area is 129 Å². The molecule has 0 aromatic heterocycles. The summed E-state index contributed by atoms with van der Waals surface area (Å²) in [5.41, 5.74) is 5.33. The Bertz CT molecular complexity index is 537. The lowest BCUT2D eigenvalue weighted by Gasteiger charge is -2.14. The molecule has 0 fully saturated rings. The highest BCUT2D eigenvalue weighted by atomic mass is 14.9. The van der Waals surface area contributed by atoms with E-state index in [9.17, 15) is 0 Å². The van der Waals surface area contributed by atoms with E-state index >= 15 is 0 Å². The van der Waals surface area contributed by atoms with Crippen molar-refractivity contribution in [3.63, 3.8) is 0 Å². The van der Waals surface area contributed by atoms with Crippen molar-refractivity contribution >= 4 is 0 Å². The summed E-state index contributed by atoms with van der Waals surface area (Å²) in [5, 5.41) is 3.53. The van der Waals surface area contributed by atoms with Gasteiger partial charge in [0.2, 0.25) is 0 Å². The Hall–Kier alpha value is -1.60. The lowest BCUT2D eigenvalue weighted by atomic mass is 9.97. The molecule has 0 aliphatic rings. The van der Waals surface area contributed by atoms with E-state index in [1.807, 2.05) is 0 Å². The van der Waals surface area contributed by atoms with Crippen LogP contribution in [0.2, 0.25) is 0 Å². The molecule has 2 aromatic rings. The van der Waals surface area contributed by atoms with Gasteiger partial charge in [0.15, 0.2) is 0 Å². The number of hydrogen-bond acceptors (Lipinski definition) is 1. The van der Waals surface area contributed by atoms with Crippen LogP contribution >= 0.6 is 0 Å². The van der Waals surface area contributed by atoms with Crippen molar-refractivity contribution in [2.75, 3.05) is 6.54 Å². The van der Waals surface area contributed by atoms with Gasteiger partial charge in [0.25, 0.3) is 0 Å². The summed E-state index contributed by atoms with van der Waals surface area (Å²) in [6.07, 6.45) is 1.17. The van der Waals surface area contributed by atoms with Crippen molar-refractivity contribution in [1.29, 1.82) is 0 Å². The fourth-order valence-corrected chi connectivity index (χ4v) is 2.50. The number of nitrogens with one attached hydrogen (secondary N) is 1. The SMILES string of the molecule is CCCNC(C)c1ccc(-c2ccc(C(C)C)cc2)cc1. The molecule has 0 saturated carbocycles. The molecule has 1 nitrogen and oxygen atoms in total. The number of hydrogen-bond donors (Lipinski definition) is 1. The van der Waals surface area contributed by atoms with Crippen molar-refractivity contribution in [3.8, 4) is 11.1 Å². The molecule has 0 amide bonds. The fourth-order valence-electron chi connectivity index (χ4n) is 2.50. The van der Waals surface area contributed by atoms with Gasteiger partial charge in [-0.15, -0.1) is 0 Å². The zero-order valence-electron chi connectivity index (χ0n) is 13.7. The van der Waals surface area contributed by atoms with E-state index in [2.05, 4.69) is 81.5 Å². The topological polar surface area (TPSA) is 12.0 Å². The van der Waals surface area contributed by atoms with E-state index in [1.54, 1.807) is 0 Å². The molecule has 2 aromatic carbocycles. The van der Waals surface area contributed by atoms with Gasteiger partial charge < -0.3 is 5.32 Å². The normalized spacial score (nSPS) is 12.6. The minimum atomic E-state index is 0.419. The van der Waals surface area contributed by atoms with Gasteiger partial charge in [-0.1, -0.05) is 69.3 Å². The second-order valence-corrected chi connectivity index (χ2v) is 6.07. The summed E-state index contributed by atoms with van der Waals surface area (Å²) >= 11 is 0. The van der Waals surface area contributed by atoms with Gasteiger partial charge in [0, 0.05) is 6.04 Å². The van der Waals surface area contributed by atoms with E-state index in [0.717, 1.165) is 6.54 Å². The minimum Gasteiger partial charge on any atom is -0.310 e. The first-order chi connectivity index (χ1) is 10.1. The largest absolute Gasteiger partial charge is 0.310 e. The third-order valence-electron chi connectivity index (χ3n) is 4.02. The molecule has 0 radical (unpaired) electrons. The van der Waals surface area contributed by atoms with Gasteiger partial charge in [-0.05, 0) is 48.1 Å². The van der Waals surface area contributed by atoms with Crippen LogP contribution in [-0.4, -0.2) is 6.54 Å². The van der Waals surface area contributed by atoms with Crippen LogP contribution in [0.1, 0.15) is 57.2 Å². The van der Waals surface area contributed by atoms with Crippen LogP contribution in [0.25, 0.3) is 11.1 Å². The molecule has 0 heterocycles. The van der Waals surface area contributed by atoms with Crippen molar-refractivity contribution in [1.82, 2.24) is 5.32 Å². The highest BCUT2D eigenvalue weighted by Gasteiger charge is 2.05. The molecule has 1 N–H and O–H groups in total. The zero-order valence-corrected chi connectivity index (χ0v) is 13.7. The number of benzene rings is 2. The van der Waals surface area contributed by atoms with Gasteiger partial charge >= 0.3 is 0 Å². The molecule has 0 aliphatic heterocycles. The minimum absolute atomic E-state index is 0.419. The molecule has 1 heteroatoms. The lowest BCUT2D eigenvalue weighted by molar-refractivity contribution is 0.571. The molecule has 112 valence electrons. The van der Waals surface area contributed by atoms with Gasteiger partial charge in [-0.2, -0.15) is 0 Å². The van der Waals surface area contributed by atoms with E-state index in [1.165, 1.54) is 28.7 Å². The average Bonchev–Trinajstić information content (AvgIpc) is 2.53. The van der Waals surface area contributed by atoms with Gasteiger partial charge in [-0.25, -0.2) is 0 Å². The third-order valence-corrected chi connectivity index (χ3v) is 4.02. The zero-order chi connectivity index (χ0) is 15.2. The van der Waals surface area contributed by atoms with Crippen LogP contribution in [0.15, 0.2) is 48.5 Å². The predicted octanol–water partition coefficient (Wildman–Crippen LogP) is 5.54. The van der Waals surface area contributed by atoms with Crippen molar-refractivity contribution < 1.29 is 0 Å². The molecule has 0 saturated heterocycles. The molecule has 0 spiro atoms. The van der Waals surface area contributed by atoms with Gasteiger partial charge in [0.1, 0.15) is 0 Å². The van der Waals surface area contributed by atoms with Gasteiger partial charge in [0.05, 0.1) is 0 Å². The summed E-state index contributed by atoms with van der Waals surface area (Å²) in [7, 11) is 0. The van der Waals surface area contributed by atoms with Crippen molar-refractivity contribution in [2.45, 2.75) is 46.1 Å². The number of rotatable bonds is 6. The molecule has 21 heavy (non-hydrogen) atoms. The first kappa shape index (κ1) is 15.8. The average molecular weight is 281 g/mol. The molecule has 1 atom stereocenters. The highest BCUT2D eigenvalue weighted by Crippen LogP contribution is 2.24. The quantitative estimate of drug-likeness (QED) is 0.733. The molecule has 0 bridgehead atoms. The Morgan fingerprint density at radius 1 is 0.762 bits per heavy atom. The molecular weight excluding hydrogens is 254 g/mol. The highest BCUT2D eigenvalue weighted by molar-refractivity contribution is 5.64. The maximum Gasteiger partial charge on any atom is 0.0291 e. The van der Waals surface area contributed by atoms with Crippen molar-refractivity contribution in [2.24, 2.45) is 0 Å². The maximum atomic E-state index is 3.53. The van der Waals surface area contributed by atoms with Crippen LogP contribution in [0.5, 0.6) is 0 Å². The summed E-state index contributed by atoms with van der Waals surface area (Å²) in [5.74, 6) is 0.590. The third kappa shape index (κ3) is 4.18. The Morgan fingerprint density at radius 2 is 1.24 bits per heavy atom. The monoisotopic (exact) mass is 281 g/mol. The smallest absolute Gasteiger partial charge is 0.0291 e. The standard InChI is InChI=1S/C20H27N/c1-5-14-21-16(4)18-8-12-20(13-9-18)19-10-6-17(7-11-19)15(2)3/h6-13,15-16,21H,5,14H2,1-4H3. The van der Waals surface area contributed by atoms with Crippen LogP contribution < -0.4 is 5.32 Å². The van der Waals surface area contributed by atoms with E-state index in [4.69, 9.17) is 0 Å². The lowest BCUT2D eigenvalue weighted by Crippen LogP contribution is -2.19. The second kappa shape index (κ2) is 7.42. The Kier molecular flexibility index (Phi) is 5.58. The van der Waals surface area contributed by atoms with Crippen molar-refractivity contribution in [3.05, 3.63) is 59.7 Å². The van der Waals surface area contributed by atoms with Crippen LogP contribution in [0, 0.1) is 0 Å². The fraction of sp³-hybridized carbons (Fsp3) is 0.400. The molecule has 2 rings (SSSR count). The van der Waals surface area contributed by atoms with E-state index in [-0.39, 0.29) is 0 Å². The molecule has 0 aliphatic carbocycles. The van der Waals surface area contributed by atoms with Crippen LogP contribution in [0.3, 0.4) is 0 Å². The van der Waals surface area contributed by atoms with E-state index < -0.39 is 0 Å². The maximum absolute atomic E-state index is 3.53. The summed E-state index contributed by atoms with van der Waals surface area (Å²) in [6.45, 7) is 9.95. The summed E-state index contributed by atoms with van der Waals surface area (Å²) in [6, 6.07) is 18.3. The summed E-state index contributed by atoms with van der Waals surface area (Å²) < 4.78 is 0. The van der Waals surface area contributed by atoms with Crippen LogP contribution in [-0.2, 0) is 0 Å². The molecular formula is C20H27N. The second-order valence-electron chi connectivity index (χ2n) is 6.07. The molecule has 1 unspecified atom stereocenters. The predicted molar refractivity (Wildman–Crippen MR) is 92.7 cm³/mol. The Morgan fingerprint density at radius 3 is 1.67 bits per heavy atom. The van der Waals surface area contributed by atoms with E-state index in [0.29, 0.717) is 12.0 Å². The first-order valence-corrected chi connectivity index (χ1v) is 8.05.